The van der Waals surface area contributed by atoms with Crippen LogP contribution in [0.1, 0.15) is 33.5 Å². The Kier molecular flexibility index (Phi) is 7.74. The summed E-state index contributed by atoms with van der Waals surface area (Å²) in [5, 5.41) is 13.7. The first-order valence-corrected chi connectivity index (χ1v) is 8.73. The monoisotopic (exact) mass is 396 g/mol. The fourth-order valence-corrected chi connectivity index (χ4v) is 2.42. The highest BCUT2D eigenvalue weighted by molar-refractivity contribution is 5.92. The van der Waals surface area contributed by atoms with E-state index in [0.717, 1.165) is 11.6 Å². The van der Waals surface area contributed by atoms with Crippen LogP contribution in [0.15, 0.2) is 42.5 Å². The first-order valence-electron chi connectivity index (χ1n) is 8.73. The molecule has 8 nitrogen and oxygen atoms in total. The summed E-state index contributed by atoms with van der Waals surface area (Å²) in [4.78, 5) is 34.0. The Labute approximate surface area is 168 Å². The zero-order chi connectivity index (χ0) is 21.2. The van der Waals surface area contributed by atoms with Gasteiger partial charge in [0, 0.05) is 30.7 Å². The standard InChI is InChI=1S/C21H20N2O6/c1-15-17(12-18(23(26)27)13-19(15)20(24)28-2)10-6-7-11-22-21(25)29-14-16-8-4-3-5-9-16/h3-5,8-9,12-13H,7,11,14H2,1-2H3,(H,22,25). The predicted octanol–water partition coefficient (Wildman–Crippen LogP) is 3.36. The van der Waals surface area contributed by atoms with Crippen LogP contribution in [0.4, 0.5) is 10.5 Å². The van der Waals surface area contributed by atoms with Crippen molar-refractivity contribution in [3.63, 3.8) is 0 Å². The fourth-order valence-electron chi connectivity index (χ4n) is 2.42. The Hall–Kier alpha value is -3.86. The molecule has 0 radical (unpaired) electrons. The molecule has 0 saturated heterocycles. The van der Waals surface area contributed by atoms with Gasteiger partial charge in [-0.1, -0.05) is 42.2 Å². The summed E-state index contributed by atoms with van der Waals surface area (Å²) in [5.41, 5.74) is 1.57. The van der Waals surface area contributed by atoms with Gasteiger partial charge in [-0.25, -0.2) is 9.59 Å². The average molecular weight is 396 g/mol. The van der Waals surface area contributed by atoms with Gasteiger partial charge in [-0.3, -0.25) is 10.1 Å². The Balaban J connectivity index is 1.94. The normalized spacial score (nSPS) is 9.72. The molecule has 2 aromatic rings. The number of esters is 1. The number of non-ortho nitro benzene ring substituents is 1. The topological polar surface area (TPSA) is 108 Å². The summed E-state index contributed by atoms with van der Waals surface area (Å²) in [7, 11) is 1.20. The van der Waals surface area contributed by atoms with Crippen LogP contribution in [0.2, 0.25) is 0 Å². The Bertz CT molecular complexity index is 960. The van der Waals surface area contributed by atoms with Crippen LogP contribution in [0, 0.1) is 28.9 Å². The zero-order valence-corrected chi connectivity index (χ0v) is 16.1. The third kappa shape index (κ3) is 6.36. The highest BCUT2D eigenvalue weighted by atomic mass is 16.6. The smallest absolute Gasteiger partial charge is 0.407 e. The first kappa shape index (κ1) is 21.4. The molecule has 0 atom stereocenters. The maximum Gasteiger partial charge on any atom is 0.407 e. The maximum absolute atomic E-state index is 11.8. The third-order valence-corrected chi connectivity index (χ3v) is 3.96. The number of nitrogens with zero attached hydrogens (tertiary/aromatic N) is 1. The number of amides is 1. The Morgan fingerprint density at radius 3 is 2.59 bits per heavy atom. The molecule has 0 unspecified atom stereocenters. The van der Waals surface area contributed by atoms with Crippen LogP contribution >= 0.6 is 0 Å². The van der Waals surface area contributed by atoms with E-state index < -0.39 is 17.0 Å². The number of nitro benzene ring substituents is 1. The largest absolute Gasteiger partial charge is 0.465 e. The molecule has 8 heteroatoms. The molecule has 2 rings (SSSR count). The lowest BCUT2D eigenvalue weighted by molar-refractivity contribution is -0.384. The van der Waals surface area contributed by atoms with Gasteiger partial charge in [0.2, 0.25) is 0 Å². The van der Waals surface area contributed by atoms with E-state index in [4.69, 9.17) is 4.74 Å². The Morgan fingerprint density at radius 2 is 1.93 bits per heavy atom. The molecule has 150 valence electrons. The highest BCUT2D eigenvalue weighted by Gasteiger charge is 2.18. The van der Waals surface area contributed by atoms with Crippen molar-refractivity contribution in [2.75, 3.05) is 13.7 Å². The van der Waals surface area contributed by atoms with Crippen LogP contribution in [-0.2, 0) is 16.1 Å². The van der Waals surface area contributed by atoms with Crippen molar-refractivity contribution < 1.29 is 24.0 Å². The second-order valence-corrected chi connectivity index (χ2v) is 5.95. The lowest BCUT2D eigenvalue weighted by Gasteiger charge is -2.06. The van der Waals surface area contributed by atoms with E-state index >= 15 is 0 Å². The van der Waals surface area contributed by atoms with E-state index in [2.05, 4.69) is 21.9 Å². The molecule has 0 aliphatic carbocycles. The molecule has 0 aromatic heterocycles. The molecule has 0 aliphatic heterocycles. The number of nitro groups is 1. The van der Waals surface area contributed by atoms with Crippen LogP contribution in [-0.4, -0.2) is 30.6 Å². The zero-order valence-electron chi connectivity index (χ0n) is 16.1. The van der Waals surface area contributed by atoms with Crippen molar-refractivity contribution in [3.05, 3.63) is 74.8 Å². The summed E-state index contributed by atoms with van der Waals surface area (Å²) in [5.74, 6) is 4.96. The predicted molar refractivity (Wildman–Crippen MR) is 105 cm³/mol. The lowest BCUT2D eigenvalue weighted by Crippen LogP contribution is -2.24. The number of rotatable bonds is 6. The second kappa shape index (κ2) is 10.5. The summed E-state index contributed by atoms with van der Waals surface area (Å²) >= 11 is 0. The number of ether oxygens (including phenoxy) is 2. The van der Waals surface area contributed by atoms with Crippen molar-refractivity contribution in [2.45, 2.75) is 20.0 Å². The van der Waals surface area contributed by atoms with Crippen LogP contribution in [0.25, 0.3) is 0 Å². The van der Waals surface area contributed by atoms with E-state index in [0.29, 0.717) is 17.5 Å². The molecule has 0 bridgehead atoms. The average Bonchev–Trinajstić information content (AvgIpc) is 2.73. The minimum atomic E-state index is -0.669. The highest BCUT2D eigenvalue weighted by Crippen LogP contribution is 2.22. The van der Waals surface area contributed by atoms with E-state index in [9.17, 15) is 19.7 Å². The van der Waals surface area contributed by atoms with Gasteiger partial charge in [0.05, 0.1) is 17.6 Å². The van der Waals surface area contributed by atoms with Crippen molar-refractivity contribution in [1.82, 2.24) is 5.32 Å². The number of benzene rings is 2. The van der Waals surface area contributed by atoms with Gasteiger partial charge in [0.15, 0.2) is 0 Å². The summed E-state index contributed by atoms with van der Waals surface area (Å²) < 4.78 is 9.74. The molecule has 2 aromatic carbocycles. The summed E-state index contributed by atoms with van der Waals surface area (Å²) in [6.45, 7) is 2.05. The minimum absolute atomic E-state index is 0.0913. The number of carbonyl (C=O) groups excluding carboxylic acids is 2. The van der Waals surface area contributed by atoms with Gasteiger partial charge < -0.3 is 14.8 Å². The van der Waals surface area contributed by atoms with E-state index in [1.807, 2.05) is 30.3 Å². The molecule has 0 heterocycles. The Morgan fingerprint density at radius 1 is 1.21 bits per heavy atom. The molecule has 0 spiro atoms. The van der Waals surface area contributed by atoms with Crippen LogP contribution < -0.4 is 5.32 Å². The molecular formula is C21H20N2O6. The van der Waals surface area contributed by atoms with Gasteiger partial charge in [-0.2, -0.15) is 0 Å². The van der Waals surface area contributed by atoms with Gasteiger partial charge >= 0.3 is 12.1 Å². The molecule has 1 amide bonds. The maximum atomic E-state index is 11.8. The van der Waals surface area contributed by atoms with Crippen molar-refractivity contribution in [3.8, 4) is 11.8 Å². The first-order chi connectivity index (χ1) is 13.9. The minimum Gasteiger partial charge on any atom is -0.465 e. The van der Waals surface area contributed by atoms with Gasteiger partial charge in [0.25, 0.3) is 5.69 Å². The number of hydrogen-bond donors (Lipinski definition) is 1. The van der Waals surface area contributed by atoms with E-state index in [-0.39, 0.29) is 24.4 Å². The summed E-state index contributed by atoms with van der Waals surface area (Å²) in [6.07, 6.45) is -0.258. The fraction of sp³-hybridized carbons (Fsp3) is 0.238. The summed E-state index contributed by atoms with van der Waals surface area (Å²) in [6, 6.07) is 11.7. The lowest BCUT2D eigenvalue weighted by atomic mass is 10.0. The van der Waals surface area contributed by atoms with Crippen LogP contribution in [0.5, 0.6) is 0 Å². The number of methoxy groups -OCH3 is 1. The van der Waals surface area contributed by atoms with E-state index in [1.165, 1.54) is 13.2 Å². The number of nitrogens with one attached hydrogen (secondary N) is 1. The van der Waals surface area contributed by atoms with Crippen molar-refractivity contribution >= 4 is 17.7 Å². The molecule has 0 saturated carbocycles. The van der Waals surface area contributed by atoms with E-state index in [1.54, 1.807) is 6.92 Å². The number of carbonyl (C=O) groups is 2. The molecule has 1 N–H and O–H groups in total. The second-order valence-electron chi connectivity index (χ2n) is 5.95. The molecular weight excluding hydrogens is 376 g/mol. The number of alkyl carbamates (subject to hydrolysis) is 1. The van der Waals surface area contributed by atoms with Gasteiger partial charge in [0.1, 0.15) is 6.61 Å². The van der Waals surface area contributed by atoms with Crippen molar-refractivity contribution in [2.24, 2.45) is 0 Å². The molecule has 0 aliphatic rings. The molecule has 0 fully saturated rings. The van der Waals surface area contributed by atoms with Crippen molar-refractivity contribution in [1.29, 1.82) is 0 Å². The van der Waals surface area contributed by atoms with Gasteiger partial charge in [-0.05, 0) is 18.1 Å². The van der Waals surface area contributed by atoms with Gasteiger partial charge in [-0.15, -0.1) is 0 Å². The third-order valence-electron chi connectivity index (χ3n) is 3.96. The van der Waals surface area contributed by atoms with Crippen LogP contribution in [0.3, 0.4) is 0 Å². The SMILES string of the molecule is COC(=O)c1cc([N+](=O)[O-])cc(C#CCCNC(=O)OCc2ccccc2)c1C. The number of hydrogen-bond acceptors (Lipinski definition) is 6. The quantitative estimate of drug-likeness (QED) is 0.264. The molecule has 29 heavy (non-hydrogen) atoms.